The highest BCUT2D eigenvalue weighted by Crippen LogP contribution is 2.35. The summed E-state index contributed by atoms with van der Waals surface area (Å²) in [6, 6.07) is 55.2. The van der Waals surface area contributed by atoms with Gasteiger partial charge in [0.05, 0.1) is 22.7 Å². The summed E-state index contributed by atoms with van der Waals surface area (Å²) >= 11 is 0. The molecule has 11 nitrogen and oxygen atoms in total. The van der Waals surface area contributed by atoms with Crippen molar-refractivity contribution >= 4 is 35.2 Å². The molecule has 2 atom stereocenters. The molecule has 1 amide bonds. The molecule has 456 valence electrons. The maximum atomic E-state index is 15.5. The third kappa shape index (κ3) is 18.1. The number of benzene rings is 8. The Bertz CT molecular complexity index is 3650. The molecule has 2 heterocycles. The third-order valence-electron chi connectivity index (χ3n) is 14.6. The lowest BCUT2D eigenvalue weighted by molar-refractivity contribution is 0.00578. The van der Waals surface area contributed by atoms with Crippen molar-refractivity contribution in [3.8, 4) is 22.3 Å². The zero-order valence-corrected chi connectivity index (χ0v) is 49.8. The van der Waals surface area contributed by atoms with E-state index in [-0.39, 0.29) is 50.0 Å². The van der Waals surface area contributed by atoms with Gasteiger partial charge < -0.3 is 35.4 Å². The first-order chi connectivity index (χ1) is 40.5. The second kappa shape index (κ2) is 29.9. The molecule has 13 heteroatoms. The van der Waals surface area contributed by atoms with E-state index in [9.17, 15) is 24.3 Å². The molecular weight excluding hydrogens is 1090 g/mol. The minimum atomic E-state index is -0.951. The smallest absolute Gasteiger partial charge is 0.339 e. The normalized spacial score (nSPS) is 13.2. The van der Waals surface area contributed by atoms with Crippen LogP contribution in [0.5, 0.6) is 0 Å². The summed E-state index contributed by atoms with van der Waals surface area (Å²) in [4.78, 5) is 54.1. The quantitative estimate of drug-likeness (QED) is 0.0952. The van der Waals surface area contributed by atoms with E-state index in [4.69, 9.17) is 15.2 Å². The van der Waals surface area contributed by atoms with E-state index in [1.54, 1.807) is 60.7 Å². The third-order valence-corrected chi connectivity index (χ3v) is 14.6. The molecule has 0 saturated carbocycles. The lowest BCUT2D eigenvalue weighted by Gasteiger charge is -2.32. The summed E-state index contributed by atoms with van der Waals surface area (Å²) in [7, 11) is 0. The van der Waals surface area contributed by atoms with Gasteiger partial charge in [0.2, 0.25) is 0 Å². The number of hydrogen-bond donors (Lipinski definition) is 3. The Morgan fingerprint density at radius 2 is 0.943 bits per heavy atom. The van der Waals surface area contributed by atoms with Gasteiger partial charge in [0.1, 0.15) is 22.8 Å². The van der Waals surface area contributed by atoms with Crippen LogP contribution in [-0.4, -0.2) is 53.2 Å². The van der Waals surface area contributed by atoms with Crippen molar-refractivity contribution in [3.05, 3.63) is 249 Å². The van der Waals surface area contributed by atoms with Crippen LogP contribution in [0.15, 0.2) is 182 Å². The minimum absolute atomic E-state index is 0. The van der Waals surface area contributed by atoms with Crippen molar-refractivity contribution in [1.82, 2.24) is 5.32 Å². The number of carbonyl (C=O) groups excluding carboxylic acids is 3. The Morgan fingerprint density at radius 3 is 1.34 bits per heavy atom. The van der Waals surface area contributed by atoms with Crippen molar-refractivity contribution in [2.75, 3.05) is 22.9 Å². The minimum Gasteiger partial charge on any atom is -0.478 e. The number of rotatable bonds is 13. The van der Waals surface area contributed by atoms with Crippen LogP contribution in [-0.2, 0) is 35.4 Å². The summed E-state index contributed by atoms with van der Waals surface area (Å²) in [5, 5.41) is 12.3. The van der Waals surface area contributed by atoms with E-state index < -0.39 is 29.1 Å². The number of hydrogen-bond acceptors (Lipinski definition) is 9. The van der Waals surface area contributed by atoms with Gasteiger partial charge in [0.15, 0.2) is 0 Å². The lowest BCUT2D eigenvalue weighted by atomic mass is 9.96. The molecule has 8 aromatic carbocycles. The number of aryl methyl sites for hydroxylation is 2. The van der Waals surface area contributed by atoms with Crippen molar-refractivity contribution in [2.24, 2.45) is 5.73 Å². The molecule has 10 rings (SSSR count). The number of carboxylic acids is 1. The van der Waals surface area contributed by atoms with Gasteiger partial charge in [-0.25, -0.2) is 23.2 Å². The van der Waals surface area contributed by atoms with Gasteiger partial charge in [-0.05, 0) is 186 Å². The summed E-state index contributed by atoms with van der Waals surface area (Å²) < 4.78 is 41.8. The first-order valence-corrected chi connectivity index (χ1v) is 28.9. The number of carbonyl (C=O) groups is 4. The molecule has 0 spiro atoms. The molecule has 0 unspecified atom stereocenters. The van der Waals surface area contributed by atoms with Gasteiger partial charge in [-0.15, -0.1) is 0 Å². The Balaban J connectivity index is 0.000000241. The van der Waals surface area contributed by atoms with Crippen LogP contribution >= 0.6 is 0 Å². The SMILES string of the molecule is C.C.CC(C)(C)OC(=O)c1ccccc1-c1ccc(CN2CCCc3cc(C(=O)O)ccc32)c(F)c1.C[C@H](N)c1ccccc1.C[C@H](NC(=O)c1ccc2c(c1)CCCN2Cc1ccc(-c2ccccc2C(=O)OC(C)(C)C)cc1F)c1ccccc1. The predicted molar refractivity (Wildman–Crippen MR) is 347 cm³/mol. The zero-order chi connectivity index (χ0) is 61.0. The van der Waals surface area contributed by atoms with Crippen LogP contribution in [0.3, 0.4) is 0 Å². The van der Waals surface area contributed by atoms with Gasteiger partial charge in [0.25, 0.3) is 5.91 Å². The van der Waals surface area contributed by atoms with E-state index in [2.05, 4.69) is 15.1 Å². The molecule has 4 N–H and O–H groups in total. The molecule has 0 saturated heterocycles. The highest BCUT2D eigenvalue weighted by Gasteiger charge is 2.26. The molecule has 0 aromatic heterocycles. The van der Waals surface area contributed by atoms with Crippen LogP contribution in [0.1, 0.15) is 170 Å². The highest BCUT2D eigenvalue weighted by molar-refractivity contribution is 5.98. The maximum Gasteiger partial charge on any atom is 0.339 e. The fourth-order valence-electron chi connectivity index (χ4n) is 10.4. The first kappa shape index (κ1) is 67.2. The Morgan fingerprint density at radius 1 is 0.540 bits per heavy atom. The highest BCUT2D eigenvalue weighted by atomic mass is 19.1. The largest absolute Gasteiger partial charge is 0.478 e. The summed E-state index contributed by atoms with van der Waals surface area (Å²) in [5.74, 6) is -2.63. The molecule has 2 aliphatic rings. The number of carboxylic acid groups (broad SMARTS) is 1. The number of fused-ring (bicyclic) bond motifs is 2. The Hall–Kier alpha value is -8.94. The van der Waals surface area contributed by atoms with Gasteiger partial charge in [-0.1, -0.05) is 136 Å². The summed E-state index contributed by atoms with van der Waals surface area (Å²) in [6.07, 6.45) is 3.46. The van der Waals surface area contributed by atoms with Gasteiger partial charge in [-0.3, -0.25) is 4.79 Å². The van der Waals surface area contributed by atoms with Crippen molar-refractivity contribution < 1.29 is 42.5 Å². The average Bonchev–Trinajstić information content (AvgIpc) is 2.90. The number of aromatic carboxylic acids is 1. The fraction of sp³-hybridized carbons (Fsp3) is 0.297. The van der Waals surface area contributed by atoms with Crippen molar-refractivity contribution in [3.63, 3.8) is 0 Å². The van der Waals surface area contributed by atoms with Crippen LogP contribution < -0.4 is 20.9 Å². The number of ether oxygens (including phenoxy) is 2. The number of nitrogens with two attached hydrogens (primary N) is 1. The molecule has 87 heavy (non-hydrogen) atoms. The Labute approximate surface area is 513 Å². The van der Waals surface area contributed by atoms with Crippen LogP contribution in [0.25, 0.3) is 22.3 Å². The van der Waals surface area contributed by atoms with Gasteiger partial charge in [0, 0.05) is 60.3 Å². The van der Waals surface area contributed by atoms with E-state index in [1.165, 1.54) is 17.7 Å². The van der Waals surface area contributed by atoms with Gasteiger partial charge >= 0.3 is 17.9 Å². The van der Waals surface area contributed by atoms with Crippen LogP contribution in [0, 0.1) is 11.6 Å². The molecule has 8 aromatic rings. The maximum absolute atomic E-state index is 15.5. The number of esters is 2. The number of amides is 1. The van der Waals surface area contributed by atoms with Gasteiger partial charge in [-0.2, -0.15) is 0 Å². The number of anilines is 2. The molecule has 2 aliphatic heterocycles. The standard InChI is InChI=1S/C36H37FN2O3.C28H28FNO4.C8H11N.2CH4/c1-24(25-11-6-5-7-12-25)38-34(40)28-18-19-33-27(21-28)13-10-20-39(33)23-29-17-16-26(22-32(29)37)30-14-8-9-15-31(30)35(41)42-36(2,3)4;1-28(2,3)34-27(33)23-9-5-4-8-22(23)18-10-11-21(24(29)16-18)17-30-14-6-7-19-15-20(26(31)32)12-13-25(19)30;1-7(9)8-5-3-2-4-6-8;;/h5-9,11-12,14-19,21-22,24H,10,13,20,23H2,1-4H3,(H,38,40);4-5,8-13,15-16H,6-7,14,17H2,1-3H3,(H,31,32);2-7H,9H2,1H3;2*1H4/t24-;;7-;;/m0.0../s1. The number of nitrogens with one attached hydrogen (secondary N) is 1. The summed E-state index contributed by atoms with van der Waals surface area (Å²) in [6.45, 7) is 17.2. The number of nitrogens with zero attached hydrogens (tertiary/aromatic N) is 2. The lowest BCUT2D eigenvalue weighted by Crippen LogP contribution is -2.30. The molecule has 0 fully saturated rings. The monoisotopic (exact) mass is 1180 g/mol. The second-order valence-corrected chi connectivity index (χ2v) is 23.6. The van der Waals surface area contributed by atoms with Crippen molar-refractivity contribution in [2.45, 2.75) is 132 Å². The Kier molecular flexibility index (Phi) is 23.1. The molecule has 0 aliphatic carbocycles. The second-order valence-electron chi connectivity index (χ2n) is 23.6. The topological polar surface area (TPSA) is 152 Å². The van der Waals surface area contributed by atoms with Crippen LogP contribution in [0.4, 0.5) is 20.2 Å². The molecular formula is C74H84F2N4O7. The van der Waals surface area contributed by atoms with E-state index in [0.29, 0.717) is 63.2 Å². The van der Waals surface area contributed by atoms with E-state index in [1.807, 2.05) is 165 Å². The average molecular weight is 1180 g/mol. The van der Waals surface area contributed by atoms with Crippen LogP contribution in [0.2, 0.25) is 0 Å². The zero-order valence-electron chi connectivity index (χ0n) is 49.8. The predicted octanol–water partition coefficient (Wildman–Crippen LogP) is 17.0. The van der Waals surface area contributed by atoms with E-state index >= 15 is 8.78 Å². The van der Waals surface area contributed by atoms with Crippen molar-refractivity contribution in [1.29, 1.82) is 0 Å². The van der Waals surface area contributed by atoms with E-state index in [0.717, 1.165) is 66.8 Å². The number of halogens is 2. The molecule has 0 bridgehead atoms. The fourth-order valence-corrected chi connectivity index (χ4v) is 10.4. The molecule has 0 radical (unpaired) electrons. The summed E-state index contributed by atoms with van der Waals surface area (Å²) in [5.41, 5.74) is 15.9. The first-order valence-electron chi connectivity index (χ1n) is 28.9.